The molecule has 0 aromatic heterocycles. The zero-order valence-corrected chi connectivity index (χ0v) is 26.4. The third-order valence-electron chi connectivity index (χ3n) is 7.19. The van der Waals surface area contributed by atoms with Gasteiger partial charge in [-0.05, 0) is 72.2 Å². The van der Waals surface area contributed by atoms with Gasteiger partial charge in [0, 0.05) is 16.1 Å². The van der Waals surface area contributed by atoms with Gasteiger partial charge in [0.25, 0.3) is 11.8 Å². The van der Waals surface area contributed by atoms with Crippen molar-refractivity contribution >= 4 is 46.9 Å². The summed E-state index contributed by atoms with van der Waals surface area (Å²) in [5.74, 6) is -1.69. The molecule has 1 atom stereocenters. The Kier molecular flexibility index (Phi) is 10.8. The number of hydrogen-bond donors (Lipinski definition) is 3. The van der Waals surface area contributed by atoms with Crippen molar-refractivity contribution in [1.29, 1.82) is 0 Å². The van der Waals surface area contributed by atoms with Crippen LogP contribution in [0.3, 0.4) is 0 Å². The molecule has 48 heavy (non-hydrogen) atoms. The quantitative estimate of drug-likeness (QED) is 0.103. The first-order valence-corrected chi connectivity index (χ1v) is 15.7. The fourth-order valence-electron chi connectivity index (χ4n) is 4.77. The normalized spacial score (nSPS) is 12.1. The van der Waals surface area contributed by atoms with Gasteiger partial charge in [-0.3, -0.25) is 14.4 Å². The van der Waals surface area contributed by atoms with E-state index in [1.165, 1.54) is 18.2 Å². The van der Waals surface area contributed by atoms with E-state index in [0.717, 1.165) is 29.0 Å². The number of amides is 3. The summed E-state index contributed by atoms with van der Waals surface area (Å²) in [6.07, 6.45) is -3.06. The van der Waals surface area contributed by atoms with Crippen LogP contribution in [0.15, 0.2) is 144 Å². The van der Waals surface area contributed by atoms with E-state index in [-0.39, 0.29) is 11.4 Å². The molecule has 3 amide bonds. The highest BCUT2D eigenvalue weighted by Crippen LogP contribution is 2.39. The monoisotopic (exact) mass is 665 g/mol. The van der Waals surface area contributed by atoms with Gasteiger partial charge in [-0.15, -0.1) is 11.8 Å². The highest BCUT2D eigenvalue weighted by atomic mass is 32.2. The number of halogens is 3. The smallest absolute Gasteiger partial charge is 0.324 e. The average molecular weight is 666 g/mol. The standard InChI is InChI=1S/C38H30F3N3O3S/c1-25-13-8-9-18-28(25)23-33(44-35(45)27-16-6-3-7-17-27)36(46)42-29-19-12-20-30(24-29)48-34(26-14-4-2-5-15-26)37(47)43-32-22-11-10-21-31(32)38(39,40)41/h2-24,34H,1H3,(H,42,46)(H,43,47)(H,44,45)/b33-23-. The summed E-state index contributed by atoms with van der Waals surface area (Å²) in [5, 5.41) is 7.08. The van der Waals surface area contributed by atoms with E-state index in [9.17, 15) is 27.6 Å². The third kappa shape index (κ3) is 8.80. The first kappa shape index (κ1) is 33.7. The lowest BCUT2D eigenvalue weighted by Crippen LogP contribution is -2.30. The van der Waals surface area contributed by atoms with Crippen molar-refractivity contribution < 1.29 is 27.6 Å². The predicted octanol–water partition coefficient (Wildman–Crippen LogP) is 8.90. The van der Waals surface area contributed by atoms with E-state index >= 15 is 0 Å². The summed E-state index contributed by atoms with van der Waals surface area (Å²) < 4.78 is 41.0. The number of aryl methyl sites for hydroxylation is 1. The number of rotatable bonds is 10. The highest BCUT2D eigenvalue weighted by molar-refractivity contribution is 8.00. The third-order valence-corrected chi connectivity index (χ3v) is 8.44. The summed E-state index contributed by atoms with van der Waals surface area (Å²) in [6.45, 7) is 1.89. The lowest BCUT2D eigenvalue weighted by atomic mass is 10.1. The molecule has 1 unspecified atom stereocenters. The lowest BCUT2D eigenvalue weighted by Gasteiger charge is -2.19. The molecule has 0 saturated carbocycles. The fraction of sp³-hybridized carbons (Fsp3) is 0.0789. The van der Waals surface area contributed by atoms with Crippen molar-refractivity contribution in [1.82, 2.24) is 5.32 Å². The molecule has 0 spiro atoms. The SMILES string of the molecule is Cc1ccccc1/C=C(\NC(=O)c1ccccc1)C(=O)Nc1cccc(SC(C(=O)Nc2ccccc2C(F)(F)F)c2ccccc2)c1. The molecule has 0 heterocycles. The largest absolute Gasteiger partial charge is 0.418 e. The van der Waals surface area contributed by atoms with Crippen LogP contribution in [0, 0.1) is 6.92 Å². The lowest BCUT2D eigenvalue weighted by molar-refractivity contribution is -0.137. The van der Waals surface area contributed by atoms with E-state index < -0.39 is 34.7 Å². The molecule has 5 aromatic rings. The molecular weight excluding hydrogens is 635 g/mol. The molecule has 0 aliphatic heterocycles. The van der Waals surface area contributed by atoms with Crippen LogP contribution in [0.1, 0.15) is 37.9 Å². The van der Waals surface area contributed by atoms with Gasteiger partial charge in [0.05, 0.1) is 11.3 Å². The summed E-state index contributed by atoms with van der Waals surface area (Å²) in [6, 6.07) is 36.1. The van der Waals surface area contributed by atoms with Crippen molar-refractivity contribution in [2.45, 2.75) is 23.2 Å². The fourth-order valence-corrected chi connectivity index (χ4v) is 5.85. The first-order chi connectivity index (χ1) is 23.1. The molecular formula is C38H30F3N3O3S. The summed E-state index contributed by atoms with van der Waals surface area (Å²) >= 11 is 1.12. The van der Waals surface area contributed by atoms with E-state index in [1.807, 2.05) is 31.2 Å². The molecule has 5 rings (SSSR count). The maximum absolute atomic E-state index is 13.7. The zero-order chi connectivity index (χ0) is 34.1. The Labute approximate surface area is 280 Å². The van der Waals surface area contributed by atoms with Crippen molar-refractivity contribution in [2.24, 2.45) is 0 Å². The topological polar surface area (TPSA) is 87.3 Å². The molecule has 0 fully saturated rings. The molecule has 0 radical (unpaired) electrons. The van der Waals surface area contributed by atoms with Gasteiger partial charge in [-0.1, -0.05) is 91.0 Å². The number of benzene rings is 5. The molecule has 0 aliphatic rings. The van der Waals surface area contributed by atoms with Crippen molar-refractivity contribution in [3.63, 3.8) is 0 Å². The Bertz CT molecular complexity index is 1950. The molecule has 0 aliphatic carbocycles. The summed E-state index contributed by atoms with van der Waals surface area (Å²) in [5.41, 5.74) is 1.69. The van der Waals surface area contributed by atoms with Gasteiger partial charge in [-0.2, -0.15) is 13.2 Å². The number of carbonyl (C=O) groups is 3. The van der Waals surface area contributed by atoms with Gasteiger partial charge in [0.15, 0.2) is 0 Å². The van der Waals surface area contributed by atoms with Crippen molar-refractivity contribution in [3.05, 3.63) is 167 Å². The van der Waals surface area contributed by atoms with Gasteiger partial charge < -0.3 is 16.0 Å². The number of thioether (sulfide) groups is 1. The molecule has 6 nitrogen and oxygen atoms in total. The van der Waals surface area contributed by atoms with Gasteiger partial charge in [-0.25, -0.2) is 0 Å². The number of carbonyl (C=O) groups excluding carboxylic acids is 3. The van der Waals surface area contributed by atoms with Crippen LogP contribution >= 0.6 is 11.8 Å². The molecule has 0 saturated heterocycles. The summed E-state index contributed by atoms with van der Waals surface area (Å²) in [4.78, 5) is 40.8. The number of anilines is 2. The van der Waals surface area contributed by atoms with Crippen molar-refractivity contribution in [2.75, 3.05) is 10.6 Å². The highest BCUT2D eigenvalue weighted by Gasteiger charge is 2.34. The zero-order valence-electron chi connectivity index (χ0n) is 25.6. The first-order valence-electron chi connectivity index (χ1n) is 14.8. The second-order valence-electron chi connectivity index (χ2n) is 10.7. The Hall–Kier alpha value is -5.61. The molecule has 0 bridgehead atoms. The molecule has 3 N–H and O–H groups in total. The minimum atomic E-state index is -4.65. The minimum absolute atomic E-state index is 0.0149. The predicted molar refractivity (Wildman–Crippen MR) is 183 cm³/mol. The van der Waals surface area contributed by atoms with E-state index in [1.54, 1.807) is 91.0 Å². The van der Waals surface area contributed by atoms with Gasteiger partial charge >= 0.3 is 6.18 Å². The molecule has 5 aromatic carbocycles. The van der Waals surface area contributed by atoms with Crippen molar-refractivity contribution in [3.8, 4) is 0 Å². The average Bonchev–Trinajstić information content (AvgIpc) is 3.08. The Morgan fingerprint density at radius 3 is 2.08 bits per heavy atom. The van der Waals surface area contributed by atoms with Gasteiger partial charge in [0.2, 0.25) is 5.91 Å². The second-order valence-corrected chi connectivity index (χ2v) is 11.8. The van der Waals surface area contributed by atoms with Crippen LogP contribution in [0.5, 0.6) is 0 Å². The van der Waals surface area contributed by atoms with Gasteiger partial charge in [0.1, 0.15) is 10.9 Å². The second kappa shape index (κ2) is 15.3. The Balaban J connectivity index is 1.40. The minimum Gasteiger partial charge on any atom is -0.324 e. The van der Waals surface area contributed by atoms with E-state index in [2.05, 4.69) is 16.0 Å². The molecule has 10 heteroatoms. The number of para-hydroxylation sites is 1. The van der Waals surface area contributed by atoms with Crippen LogP contribution in [-0.2, 0) is 15.8 Å². The van der Waals surface area contributed by atoms with E-state index in [0.29, 0.717) is 21.7 Å². The maximum Gasteiger partial charge on any atom is 0.418 e. The van der Waals surface area contributed by atoms with Crippen LogP contribution in [0.4, 0.5) is 24.5 Å². The maximum atomic E-state index is 13.7. The van der Waals surface area contributed by atoms with Crippen LogP contribution in [-0.4, -0.2) is 17.7 Å². The summed E-state index contributed by atoms with van der Waals surface area (Å²) in [7, 11) is 0. The van der Waals surface area contributed by atoms with Crippen LogP contribution < -0.4 is 16.0 Å². The van der Waals surface area contributed by atoms with Crippen LogP contribution in [0.2, 0.25) is 0 Å². The Morgan fingerprint density at radius 1 is 0.729 bits per heavy atom. The number of hydrogen-bond acceptors (Lipinski definition) is 4. The molecule has 242 valence electrons. The number of nitrogens with one attached hydrogen (secondary N) is 3. The van der Waals surface area contributed by atoms with E-state index in [4.69, 9.17) is 0 Å². The van der Waals surface area contributed by atoms with Crippen LogP contribution in [0.25, 0.3) is 6.08 Å². The number of alkyl halides is 3. The Morgan fingerprint density at radius 2 is 1.38 bits per heavy atom.